The minimum Gasteiger partial charge on any atom is -0.367 e. The molecule has 2 bridgehead atoms. The van der Waals surface area contributed by atoms with Crippen molar-refractivity contribution in [3.8, 4) is 0 Å². The van der Waals surface area contributed by atoms with Crippen LogP contribution >= 0.6 is 11.3 Å². The normalized spacial score (nSPS) is 27.2. The fourth-order valence-electron chi connectivity index (χ4n) is 5.78. The maximum atomic E-state index is 12.7. The molecule has 4 fully saturated rings. The fraction of sp³-hybridized carbons (Fsp3) is 0.273. The summed E-state index contributed by atoms with van der Waals surface area (Å²) in [6, 6.07) is 10.4. The molecule has 2 saturated heterocycles. The third-order valence-electron chi connectivity index (χ3n) is 7.34. The van der Waals surface area contributed by atoms with Crippen molar-refractivity contribution in [2.75, 3.05) is 11.4 Å². The van der Waals surface area contributed by atoms with Crippen LogP contribution in [0.25, 0.3) is 21.3 Å². The van der Waals surface area contributed by atoms with Crippen molar-refractivity contribution in [1.82, 2.24) is 29.7 Å². The van der Waals surface area contributed by atoms with E-state index in [0.29, 0.717) is 34.8 Å². The Hall–Kier alpha value is -3.66. The molecule has 1 unspecified atom stereocenters. The topological polar surface area (TPSA) is 103 Å². The summed E-state index contributed by atoms with van der Waals surface area (Å²) >= 11 is 1.67. The lowest BCUT2D eigenvalue weighted by Crippen LogP contribution is -2.23. The van der Waals surface area contributed by atoms with Crippen LogP contribution in [-0.2, 0) is 12.0 Å². The quantitative estimate of drug-likeness (QED) is 0.418. The predicted molar refractivity (Wildman–Crippen MR) is 117 cm³/mol. The van der Waals surface area contributed by atoms with Gasteiger partial charge in [0.25, 0.3) is 5.56 Å². The van der Waals surface area contributed by atoms with Gasteiger partial charge in [0.2, 0.25) is 5.89 Å². The summed E-state index contributed by atoms with van der Waals surface area (Å²) in [7, 11) is 0. The van der Waals surface area contributed by atoms with Crippen LogP contribution in [-0.4, -0.2) is 42.2 Å². The van der Waals surface area contributed by atoms with Crippen LogP contribution in [0.5, 0.6) is 0 Å². The van der Waals surface area contributed by atoms with E-state index in [1.54, 1.807) is 29.7 Å². The second-order valence-electron chi connectivity index (χ2n) is 8.73. The van der Waals surface area contributed by atoms with Gasteiger partial charge in [0.05, 0.1) is 26.5 Å². The average Bonchev–Trinajstić information content (AvgIpc) is 3.30. The lowest BCUT2D eigenvalue weighted by atomic mass is 10.1. The fourth-order valence-corrected chi connectivity index (χ4v) is 6.49. The summed E-state index contributed by atoms with van der Waals surface area (Å²) < 4.78 is 8.25. The first-order valence-electron chi connectivity index (χ1n) is 10.5. The van der Waals surface area contributed by atoms with Crippen molar-refractivity contribution in [2.24, 2.45) is 11.8 Å². The second kappa shape index (κ2) is 5.57. The molecular formula is C22H15N7O2S. The number of hydrogen-bond acceptors (Lipinski definition) is 9. The van der Waals surface area contributed by atoms with Crippen molar-refractivity contribution < 1.29 is 4.52 Å². The Labute approximate surface area is 184 Å². The van der Waals surface area contributed by atoms with Gasteiger partial charge in [-0.2, -0.15) is 4.98 Å². The van der Waals surface area contributed by atoms with Gasteiger partial charge in [0.15, 0.2) is 11.5 Å². The van der Waals surface area contributed by atoms with E-state index in [9.17, 15) is 4.79 Å². The van der Waals surface area contributed by atoms with Gasteiger partial charge in [0.1, 0.15) is 12.9 Å². The molecule has 32 heavy (non-hydrogen) atoms. The van der Waals surface area contributed by atoms with Gasteiger partial charge in [-0.3, -0.25) is 9.36 Å². The lowest BCUT2D eigenvalue weighted by Gasteiger charge is -2.18. The highest BCUT2D eigenvalue weighted by Gasteiger charge is 2.95. The molecule has 9 rings (SSSR count). The van der Waals surface area contributed by atoms with Gasteiger partial charge in [-0.15, -0.1) is 11.3 Å². The van der Waals surface area contributed by atoms with Crippen LogP contribution in [0.2, 0.25) is 0 Å². The molecule has 0 amide bonds. The first kappa shape index (κ1) is 17.0. The first-order chi connectivity index (χ1) is 15.7. The third-order valence-corrected chi connectivity index (χ3v) is 8.14. The highest BCUT2D eigenvalue weighted by molar-refractivity contribution is 7.16. The highest BCUT2D eigenvalue weighted by Crippen LogP contribution is 2.85. The molecule has 2 aliphatic heterocycles. The molecule has 0 spiro atoms. The Morgan fingerprint density at radius 2 is 2.19 bits per heavy atom. The Kier molecular flexibility index (Phi) is 2.95. The number of nitrogens with zero attached hydrogens (tertiary/aromatic N) is 7. The molecule has 4 aliphatic rings. The zero-order chi connectivity index (χ0) is 21.0. The molecule has 9 nitrogen and oxygen atoms in total. The van der Waals surface area contributed by atoms with Crippen LogP contribution in [0.15, 0.2) is 57.7 Å². The van der Waals surface area contributed by atoms with E-state index in [1.807, 2.05) is 5.51 Å². The van der Waals surface area contributed by atoms with E-state index >= 15 is 0 Å². The molecule has 5 aromatic rings. The molecule has 10 heteroatoms. The number of aromatic nitrogens is 6. The standard InChI is InChI=1S/C22H15N7O2S/c30-20-12-2-1-5-23-19(12)24-9-28(20)8-16-26-21(27-31-16)22-13-7-29(18(22)17(13)22)11-3-4-14-15(6-11)32-10-25-14/h1-6,9-10,13,17-18H,7-8H2/t13-,17-,18?,22-/m1/s1. The highest BCUT2D eigenvalue weighted by atomic mass is 32.1. The lowest BCUT2D eigenvalue weighted by molar-refractivity contribution is 0.362. The van der Waals surface area contributed by atoms with E-state index in [2.05, 4.69) is 43.2 Å². The number of pyridine rings is 1. The largest absolute Gasteiger partial charge is 0.367 e. The molecule has 156 valence electrons. The summed E-state index contributed by atoms with van der Waals surface area (Å²) in [5, 5.41) is 4.80. The smallest absolute Gasteiger partial charge is 0.263 e. The van der Waals surface area contributed by atoms with Gasteiger partial charge < -0.3 is 9.42 Å². The molecule has 0 N–H and O–H groups in total. The average molecular weight is 441 g/mol. The summed E-state index contributed by atoms with van der Waals surface area (Å²) in [5.41, 5.74) is 4.46. The van der Waals surface area contributed by atoms with Gasteiger partial charge in [-0.25, -0.2) is 15.0 Å². The van der Waals surface area contributed by atoms with E-state index in [0.717, 1.165) is 17.9 Å². The summed E-state index contributed by atoms with van der Waals surface area (Å²) in [5.74, 6) is 2.38. The molecule has 4 atom stereocenters. The summed E-state index contributed by atoms with van der Waals surface area (Å²) in [6.45, 7) is 1.22. The molecule has 4 aromatic heterocycles. The van der Waals surface area contributed by atoms with Crippen LogP contribution in [0.3, 0.4) is 0 Å². The predicted octanol–water partition coefficient (Wildman–Crippen LogP) is 2.22. The maximum Gasteiger partial charge on any atom is 0.263 e. The van der Waals surface area contributed by atoms with Gasteiger partial charge >= 0.3 is 0 Å². The number of rotatable bonds is 4. The molecule has 6 heterocycles. The summed E-state index contributed by atoms with van der Waals surface area (Å²) in [4.78, 5) is 32.7. The maximum absolute atomic E-state index is 12.7. The number of fused-ring (bicyclic) bond motifs is 3. The Morgan fingerprint density at radius 1 is 1.22 bits per heavy atom. The van der Waals surface area contributed by atoms with E-state index in [-0.39, 0.29) is 17.5 Å². The van der Waals surface area contributed by atoms with Crippen molar-refractivity contribution in [3.63, 3.8) is 0 Å². The van der Waals surface area contributed by atoms with Crippen molar-refractivity contribution in [1.29, 1.82) is 0 Å². The van der Waals surface area contributed by atoms with Gasteiger partial charge in [-0.1, -0.05) is 5.16 Å². The number of benzene rings is 1. The van der Waals surface area contributed by atoms with Crippen LogP contribution in [0, 0.1) is 11.8 Å². The zero-order valence-corrected chi connectivity index (χ0v) is 17.4. The molecule has 1 aromatic carbocycles. The van der Waals surface area contributed by atoms with Crippen LogP contribution in [0.4, 0.5) is 5.69 Å². The Bertz CT molecular complexity index is 1620. The van der Waals surface area contributed by atoms with Gasteiger partial charge in [0, 0.05) is 30.4 Å². The number of anilines is 1. The van der Waals surface area contributed by atoms with Crippen molar-refractivity contribution in [2.45, 2.75) is 18.0 Å². The zero-order valence-electron chi connectivity index (χ0n) is 16.6. The van der Waals surface area contributed by atoms with Crippen LogP contribution in [0.1, 0.15) is 11.7 Å². The minimum atomic E-state index is -0.165. The minimum absolute atomic E-state index is 0.0148. The molecule has 2 saturated carbocycles. The second-order valence-corrected chi connectivity index (χ2v) is 9.62. The summed E-state index contributed by atoms with van der Waals surface area (Å²) in [6.07, 6.45) is 3.11. The van der Waals surface area contributed by atoms with Crippen molar-refractivity contribution >= 4 is 38.3 Å². The first-order valence-corrected chi connectivity index (χ1v) is 11.4. The molecular weight excluding hydrogens is 426 g/mol. The molecule has 2 aliphatic carbocycles. The third kappa shape index (κ3) is 1.98. The Balaban J connectivity index is 1.08. The van der Waals surface area contributed by atoms with Crippen LogP contribution < -0.4 is 10.5 Å². The van der Waals surface area contributed by atoms with E-state index < -0.39 is 0 Å². The van der Waals surface area contributed by atoms with Gasteiger partial charge in [-0.05, 0) is 36.2 Å². The van der Waals surface area contributed by atoms with E-state index in [4.69, 9.17) is 9.51 Å². The monoisotopic (exact) mass is 441 g/mol. The number of thiazole rings is 1. The number of hydrogen-bond donors (Lipinski definition) is 0. The Morgan fingerprint density at radius 3 is 3.12 bits per heavy atom. The van der Waals surface area contributed by atoms with Crippen molar-refractivity contribution in [3.05, 3.63) is 70.4 Å². The SMILES string of the molecule is O=c1c2cccnc2ncn1Cc1nc([C@@]23C4[C@H]2[C@H]3CN4c2ccc3ncsc3c2)no1. The molecule has 0 radical (unpaired) electrons. The number of piperidine rings is 1. The van der Waals surface area contributed by atoms with E-state index in [1.165, 1.54) is 21.3 Å².